The minimum atomic E-state index is -4.75. The SMILES string of the molecule is COc1c([C@@H]2C[C@](C)(C(F)(F)F)S[C@H]2C(=O)Nc2ccnc(S(=O)(=O)N=[N+]=[N-])c2)ccc(F)c1F. The quantitative estimate of drug-likeness (QED) is 0.241. The van der Waals surface area contributed by atoms with E-state index in [0.29, 0.717) is 0 Å². The van der Waals surface area contributed by atoms with Gasteiger partial charge in [0.2, 0.25) is 11.7 Å². The Bertz CT molecular complexity index is 1320. The number of carbonyl (C=O) groups is 1. The molecule has 35 heavy (non-hydrogen) atoms. The van der Waals surface area contributed by atoms with E-state index in [9.17, 15) is 35.2 Å². The fraction of sp³-hybridized carbons (Fsp3) is 0.368. The molecule has 1 N–H and O–H groups in total. The molecule has 0 saturated carbocycles. The van der Waals surface area contributed by atoms with Crippen LogP contribution in [0.2, 0.25) is 0 Å². The van der Waals surface area contributed by atoms with E-state index in [4.69, 9.17) is 10.3 Å². The molecule has 1 saturated heterocycles. The van der Waals surface area contributed by atoms with Crippen molar-refractivity contribution in [2.75, 3.05) is 12.4 Å². The number of alkyl halides is 3. The largest absolute Gasteiger partial charge is 0.493 e. The Kier molecular flexibility index (Phi) is 7.20. The smallest absolute Gasteiger partial charge is 0.403 e. The van der Waals surface area contributed by atoms with Crippen LogP contribution in [0.4, 0.5) is 27.6 Å². The highest BCUT2D eigenvalue weighted by Gasteiger charge is 2.60. The zero-order valence-electron chi connectivity index (χ0n) is 17.9. The topological polar surface area (TPSA) is 134 Å². The number of sulfonamides is 1. The molecular formula is C19H16F5N5O4S2. The maximum absolute atomic E-state index is 14.3. The molecule has 1 aliphatic heterocycles. The molecule has 1 aliphatic rings. The average Bonchev–Trinajstić information content (AvgIpc) is 3.15. The summed E-state index contributed by atoms with van der Waals surface area (Å²) in [4.78, 5) is 18.8. The van der Waals surface area contributed by atoms with Gasteiger partial charge in [-0.2, -0.15) is 17.6 Å². The fourth-order valence-electron chi connectivity index (χ4n) is 3.61. The first-order valence-corrected chi connectivity index (χ1v) is 11.9. The van der Waals surface area contributed by atoms with E-state index in [1.165, 1.54) is 6.07 Å². The first-order chi connectivity index (χ1) is 16.2. The number of nitrogens with one attached hydrogen (secondary N) is 1. The number of thioether (sulfide) groups is 1. The van der Waals surface area contributed by atoms with Crippen LogP contribution >= 0.6 is 11.8 Å². The first-order valence-electron chi connectivity index (χ1n) is 9.59. The monoisotopic (exact) mass is 537 g/mol. The van der Waals surface area contributed by atoms with E-state index < -0.39 is 66.9 Å². The first kappa shape index (κ1) is 26.5. The van der Waals surface area contributed by atoms with Gasteiger partial charge in [0.05, 0.1) is 12.4 Å². The lowest BCUT2D eigenvalue weighted by atomic mass is 9.85. The molecule has 1 aromatic heterocycles. The minimum absolute atomic E-state index is 0.131. The normalized spacial score (nSPS) is 22.4. The van der Waals surface area contributed by atoms with Crippen LogP contribution in [-0.4, -0.2) is 42.6 Å². The van der Waals surface area contributed by atoms with Gasteiger partial charge in [0.25, 0.3) is 10.0 Å². The summed E-state index contributed by atoms with van der Waals surface area (Å²) in [6.45, 7) is 0.890. The lowest BCUT2D eigenvalue weighted by Crippen LogP contribution is -2.37. The third kappa shape index (κ3) is 5.13. The highest BCUT2D eigenvalue weighted by molar-refractivity contribution is 8.02. The summed E-state index contributed by atoms with van der Waals surface area (Å²) >= 11 is 0.288. The molecule has 0 radical (unpaired) electrons. The number of ether oxygens (including phenoxy) is 1. The molecule has 1 amide bonds. The van der Waals surface area contributed by atoms with Gasteiger partial charge in [0.1, 0.15) is 4.75 Å². The number of azide groups is 1. The van der Waals surface area contributed by atoms with Gasteiger partial charge in [-0.3, -0.25) is 4.79 Å². The molecule has 2 heterocycles. The number of rotatable bonds is 6. The van der Waals surface area contributed by atoms with E-state index in [-0.39, 0.29) is 23.0 Å². The Hall–Kier alpha value is -3.10. The number of pyridine rings is 1. The molecule has 3 atom stereocenters. The minimum Gasteiger partial charge on any atom is -0.493 e. The maximum Gasteiger partial charge on any atom is 0.403 e. The van der Waals surface area contributed by atoms with Crippen LogP contribution in [0.15, 0.2) is 40.0 Å². The molecule has 3 rings (SSSR count). The van der Waals surface area contributed by atoms with E-state index in [0.717, 1.165) is 38.4 Å². The van der Waals surface area contributed by atoms with Gasteiger partial charge in [-0.15, -0.1) is 11.8 Å². The number of methoxy groups -OCH3 is 1. The zero-order valence-corrected chi connectivity index (χ0v) is 19.5. The number of aromatic nitrogens is 1. The number of amides is 1. The number of hydrogen-bond donors (Lipinski definition) is 1. The molecule has 1 aromatic carbocycles. The predicted molar refractivity (Wildman–Crippen MR) is 115 cm³/mol. The lowest BCUT2D eigenvalue weighted by Gasteiger charge is -2.26. The van der Waals surface area contributed by atoms with Gasteiger partial charge in [-0.05, 0) is 37.1 Å². The van der Waals surface area contributed by atoms with Crippen molar-refractivity contribution in [3.05, 3.63) is 58.1 Å². The maximum atomic E-state index is 14.3. The molecule has 188 valence electrons. The Morgan fingerprint density at radius 1 is 1.34 bits per heavy atom. The predicted octanol–water partition coefficient (Wildman–Crippen LogP) is 4.92. The number of halogens is 5. The highest BCUT2D eigenvalue weighted by atomic mass is 32.2. The Labute approximate surface area is 199 Å². The molecule has 0 aliphatic carbocycles. The standard InChI is InChI=1S/C19H16F5N5O4S2/c1-18(19(22,23)24)8-11(10-3-4-12(20)14(21)15(10)33-2)16(34-18)17(30)27-9-5-6-26-13(7-9)35(31,32)29-28-25/h3-7,11,16H,8H2,1-2H3,(H,26,27,30)/t11-,16+,18+/m0/s1. The van der Waals surface area contributed by atoms with Crippen molar-refractivity contribution >= 4 is 33.4 Å². The number of anilines is 1. The third-order valence-electron chi connectivity index (χ3n) is 5.31. The second kappa shape index (κ2) is 9.51. The summed E-state index contributed by atoms with van der Waals surface area (Å²) in [5, 5.41) is 0.160. The Balaban J connectivity index is 2.02. The summed E-state index contributed by atoms with van der Waals surface area (Å²) in [5.41, 5.74) is 8.09. The van der Waals surface area contributed by atoms with Crippen LogP contribution in [0.5, 0.6) is 5.75 Å². The van der Waals surface area contributed by atoms with Crippen molar-refractivity contribution in [2.45, 2.75) is 40.5 Å². The van der Waals surface area contributed by atoms with E-state index >= 15 is 0 Å². The number of benzene rings is 1. The summed E-state index contributed by atoms with van der Waals surface area (Å²) in [6, 6.07) is 3.81. The molecule has 0 bridgehead atoms. The van der Waals surface area contributed by atoms with Crippen LogP contribution < -0.4 is 10.1 Å². The second-order valence-electron chi connectivity index (χ2n) is 7.58. The molecule has 1 fully saturated rings. The van der Waals surface area contributed by atoms with Crippen LogP contribution in [0.1, 0.15) is 24.8 Å². The van der Waals surface area contributed by atoms with Gasteiger partial charge in [-0.25, -0.2) is 17.8 Å². The van der Waals surface area contributed by atoms with Crippen LogP contribution in [0.25, 0.3) is 10.4 Å². The van der Waals surface area contributed by atoms with Crippen LogP contribution in [0, 0.1) is 11.6 Å². The summed E-state index contributed by atoms with van der Waals surface area (Å²) in [6.07, 6.45) is -4.41. The Morgan fingerprint density at radius 3 is 2.63 bits per heavy atom. The van der Waals surface area contributed by atoms with Gasteiger partial charge >= 0.3 is 6.18 Å². The second-order valence-corrected chi connectivity index (χ2v) is 10.8. The van der Waals surface area contributed by atoms with Crippen molar-refractivity contribution in [1.29, 1.82) is 0 Å². The lowest BCUT2D eigenvalue weighted by molar-refractivity contribution is -0.155. The molecule has 2 aromatic rings. The van der Waals surface area contributed by atoms with Crippen LogP contribution in [0.3, 0.4) is 0 Å². The van der Waals surface area contributed by atoms with E-state index in [2.05, 4.69) is 19.7 Å². The summed E-state index contributed by atoms with van der Waals surface area (Å²) in [5.74, 6) is -5.51. The number of carbonyl (C=O) groups excluding carboxylic acids is 1. The molecule has 0 spiro atoms. The van der Waals surface area contributed by atoms with Gasteiger partial charge in [-0.1, -0.05) is 6.07 Å². The van der Waals surface area contributed by atoms with Gasteiger partial charge < -0.3 is 10.1 Å². The third-order valence-corrected chi connectivity index (χ3v) is 8.07. The van der Waals surface area contributed by atoms with E-state index in [1.807, 2.05) is 0 Å². The molecule has 9 nitrogen and oxygen atoms in total. The van der Waals surface area contributed by atoms with Gasteiger partial charge in [0.15, 0.2) is 16.6 Å². The van der Waals surface area contributed by atoms with Gasteiger partial charge in [0, 0.05) is 32.8 Å². The molecule has 0 unspecified atom stereocenters. The van der Waals surface area contributed by atoms with Crippen molar-refractivity contribution in [3.63, 3.8) is 0 Å². The average molecular weight is 537 g/mol. The summed E-state index contributed by atoms with van der Waals surface area (Å²) in [7, 11) is -3.48. The van der Waals surface area contributed by atoms with E-state index in [1.54, 1.807) is 0 Å². The van der Waals surface area contributed by atoms with Crippen molar-refractivity contribution in [1.82, 2.24) is 4.98 Å². The summed E-state index contributed by atoms with van der Waals surface area (Å²) < 4.78 is 98.4. The Morgan fingerprint density at radius 2 is 2.03 bits per heavy atom. The number of hydrogen-bond acceptors (Lipinski definition) is 6. The van der Waals surface area contributed by atoms with Crippen molar-refractivity contribution < 1.29 is 39.9 Å². The highest BCUT2D eigenvalue weighted by Crippen LogP contribution is 2.59. The van der Waals surface area contributed by atoms with Crippen molar-refractivity contribution in [3.8, 4) is 5.75 Å². The van der Waals surface area contributed by atoms with Crippen molar-refractivity contribution in [2.24, 2.45) is 4.52 Å². The van der Waals surface area contributed by atoms with Crippen LogP contribution in [-0.2, 0) is 14.8 Å². The number of nitrogens with zero attached hydrogens (tertiary/aromatic N) is 4. The molecular weight excluding hydrogens is 521 g/mol. The fourth-order valence-corrected chi connectivity index (χ4v) is 5.80. The molecule has 16 heteroatoms. The zero-order chi connectivity index (χ0) is 26.2.